The van der Waals surface area contributed by atoms with E-state index in [9.17, 15) is 15.3 Å². The summed E-state index contributed by atoms with van der Waals surface area (Å²) >= 11 is 7.27. The number of aromatic nitrogens is 1. The molecule has 0 radical (unpaired) electrons. The Labute approximate surface area is 205 Å². The van der Waals surface area contributed by atoms with E-state index in [2.05, 4.69) is 16.4 Å². The number of benzene rings is 1. The second kappa shape index (κ2) is 10.8. The number of amides is 1. The number of ether oxygens (including phenoxy) is 2. The number of pyridine rings is 1. The Kier molecular flexibility index (Phi) is 7.90. The van der Waals surface area contributed by atoms with Gasteiger partial charge in [-0.05, 0) is 24.6 Å². The molecule has 0 aliphatic heterocycles. The van der Waals surface area contributed by atoms with Gasteiger partial charge in [0.1, 0.15) is 45.8 Å². The predicted octanol–water partition coefficient (Wildman–Crippen LogP) is 4.85. The van der Waals surface area contributed by atoms with E-state index in [4.69, 9.17) is 31.2 Å². The number of hydrogen-bond donors (Lipinski definition) is 2. The van der Waals surface area contributed by atoms with Crippen molar-refractivity contribution >= 4 is 40.8 Å². The van der Waals surface area contributed by atoms with Crippen molar-refractivity contribution in [2.24, 2.45) is 0 Å². The number of halogens is 1. The Morgan fingerprint density at radius 3 is 2.53 bits per heavy atom. The highest BCUT2D eigenvalue weighted by Gasteiger charge is 2.27. The number of nitrogens with zero attached hydrogens (tertiary/aromatic N) is 3. The molecule has 3 aromatic rings. The first-order valence-corrected chi connectivity index (χ1v) is 11.2. The molecule has 0 bridgehead atoms. The van der Waals surface area contributed by atoms with E-state index in [0.29, 0.717) is 34.4 Å². The van der Waals surface area contributed by atoms with Crippen LogP contribution in [-0.2, 0) is 4.79 Å². The summed E-state index contributed by atoms with van der Waals surface area (Å²) in [6.07, 6.45) is 1.84. The molecule has 0 saturated heterocycles. The summed E-state index contributed by atoms with van der Waals surface area (Å²) < 4.78 is 15.9. The number of furan rings is 1. The Hall–Kier alpha value is -3.86. The lowest BCUT2D eigenvalue weighted by molar-refractivity contribution is -0.115. The molecule has 1 atom stereocenters. The van der Waals surface area contributed by atoms with Gasteiger partial charge in [-0.3, -0.25) is 4.79 Å². The van der Waals surface area contributed by atoms with Gasteiger partial charge in [-0.2, -0.15) is 10.5 Å². The number of nitrogens with one attached hydrogen (secondary N) is 1. The molecule has 174 valence electrons. The molecule has 0 fully saturated rings. The number of nitriles is 2. The number of thioether (sulfide) groups is 1. The van der Waals surface area contributed by atoms with E-state index in [1.165, 1.54) is 26.5 Å². The van der Waals surface area contributed by atoms with Crippen LogP contribution < -0.4 is 20.5 Å². The smallest absolute Gasteiger partial charge is 0.238 e. The Morgan fingerprint density at radius 1 is 1.26 bits per heavy atom. The standard InChI is InChI=1S/C23H20ClN5O4S/c1-4-19(22(30)28-15-8-14(24)17(31-2)9-18(15)32-3)34-23-13(11-26)20(16-6-5-7-33-16)12(10-25)21(27)29-23/h5-9,19H,4H2,1-3H3,(H2,27,29)(H,28,30). The molecular formula is C23H20ClN5O4S. The van der Waals surface area contributed by atoms with Crippen LogP contribution in [-0.4, -0.2) is 30.4 Å². The number of carbonyl (C=O) groups excluding carboxylic acids is 1. The number of nitrogen functional groups attached to an aromatic ring is 1. The zero-order chi connectivity index (χ0) is 24.8. The van der Waals surface area contributed by atoms with Gasteiger partial charge < -0.3 is 24.9 Å². The molecule has 9 nitrogen and oxygen atoms in total. The fraction of sp³-hybridized carbons (Fsp3) is 0.217. The van der Waals surface area contributed by atoms with E-state index in [0.717, 1.165) is 11.8 Å². The van der Waals surface area contributed by atoms with Crippen molar-refractivity contribution < 1.29 is 18.7 Å². The van der Waals surface area contributed by atoms with Crippen LogP contribution >= 0.6 is 23.4 Å². The van der Waals surface area contributed by atoms with Gasteiger partial charge in [-0.15, -0.1) is 0 Å². The van der Waals surface area contributed by atoms with Crippen LogP contribution in [0.5, 0.6) is 11.5 Å². The number of anilines is 2. The van der Waals surface area contributed by atoms with Crippen LogP contribution in [0.25, 0.3) is 11.3 Å². The second-order valence-corrected chi connectivity index (χ2v) is 8.42. The summed E-state index contributed by atoms with van der Waals surface area (Å²) in [6.45, 7) is 1.82. The van der Waals surface area contributed by atoms with Crippen LogP contribution in [0, 0.1) is 22.7 Å². The quantitative estimate of drug-likeness (QED) is 0.416. The normalized spacial score (nSPS) is 11.2. The SMILES string of the molecule is CCC(Sc1nc(N)c(C#N)c(-c2ccco2)c1C#N)C(=O)Nc1cc(Cl)c(OC)cc1OC. The van der Waals surface area contributed by atoms with Gasteiger partial charge in [0.05, 0.1) is 47.6 Å². The van der Waals surface area contributed by atoms with E-state index < -0.39 is 5.25 Å². The van der Waals surface area contributed by atoms with Crippen LogP contribution in [0.1, 0.15) is 24.5 Å². The van der Waals surface area contributed by atoms with Gasteiger partial charge in [0.15, 0.2) is 0 Å². The highest BCUT2D eigenvalue weighted by molar-refractivity contribution is 8.00. The van der Waals surface area contributed by atoms with E-state index in [-0.39, 0.29) is 33.4 Å². The van der Waals surface area contributed by atoms with Gasteiger partial charge in [-0.1, -0.05) is 30.3 Å². The Morgan fingerprint density at radius 2 is 1.97 bits per heavy atom. The zero-order valence-corrected chi connectivity index (χ0v) is 20.1. The number of methoxy groups -OCH3 is 2. The fourth-order valence-corrected chi connectivity index (χ4v) is 4.44. The molecule has 1 unspecified atom stereocenters. The first-order valence-electron chi connectivity index (χ1n) is 9.94. The first kappa shape index (κ1) is 24.8. The van der Waals surface area contributed by atoms with Crippen molar-refractivity contribution in [3.8, 4) is 35.0 Å². The third kappa shape index (κ3) is 4.88. The molecule has 34 heavy (non-hydrogen) atoms. The van der Waals surface area contributed by atoms with Crippen LogP contribution in [0.15, 0.2) is 40.0 Å². The molecule has 0 aliphatic rings. The molecule has 11 heteroatoms. The average Bonchev–Trinajstić information content (AvgIpc) is 3.36. The predicted molar refractivity (Wildman–Crippen MR) is 129 cm³/mol. The zero-order valence-electron chi connectivity index (χ0n) is 18.5. The summed E-state index contributed by atoms with van der Waals surface area (Å²) in [7, 11) is 2.94. The van der Waals surface area contributed by atoms with Crippen LogP contribution in [0.2, 0.25) is 5.02 Å². The molecule has 3 N–H and O–H groups in total. The number of nitrogens with two attached hydrogens (primary N) is 1. The Bertz CT molecular complexity index is 1300. The largest absolute Gasteiger partial charge is 0.495 e. The molecular weight excluding hydrogens is 478 g/mol. The fourth-order valence-electron chi connectivity index (χ4n) is 3.18. The average molecular weight is 498 g/mol. The summed E-state index contributed by atoms with van der Waals surface area (Å²) in [5.74, 6) is 0.654. The van der Waals surface area contributed by atoms with E-state index in [1.807, 2.05) is 13.0 Å². The van der Waals surface area contributed by atoms with Crippen molar-refractivity contribution in [1.29, 1.82) is 10.5 Å². The monoisotopic (exact) mass is 497 g/mol. The van der Waals surface area contributed by atoms with Crippen molar-refractivity contribution in [1.82, 2.24) is 4.98 Å². The highest BCUT2D eigenvalue weighted by atomic mass is 35.5. The van der Waals surface area contributed by atoms with E-state index >= 15 is 0 Å². The third-order valence-electron chi connectivity index (χ3n) is 4.83. The molecule has 2 heterocycles. The molecule has 0 spiro atoms. The number of rotatable bonds is 8. The topological polar surface area (TPSA) is 147 Å². The minimum Gasteiger partial charge on any atom is -0.495 e. The molecule has 0 aliphatic carbocycles. The van der Waals surface area contributed by atoms with Crippen molar-refractivity contribution in [2.45, 2.75) is 23.6 Å². The van der Waals surface area contributed by atoms with Crippen molar-refractivity contribution in [3.05, 3.63) is 46.7 Å². The summed E-state index contributed by atoms with van der Waals surface area (Å²) in [4.78, 5) is 17.4. The maximum absolute atomic E-state index is 13.1. The number of carbonyl (C=O) groups is 1. The van der Waals surface area contributed by atoms with Gasteiger partial charge in [0, 0.05) is 6.07 Å². The van der Waals surface area contributed by atoms with Crippen molar-refractivity contribution in [3.63, 3.8) is 0 Å². The lowest BCUT2D eigenvalue weighted by Gasteiger charge is -2.18. The lowest BCUT2D eigenvalue weighted by atomic mass is 10.0. The minimum atomic E-state index is -0.651. The summed E-state index contributed by atoms with van der Waals surface area (Å²) in [5.41, 5.74) is 6.75. The van der Waals surface area contributed by atoms with Gasteiger partial charge in [0.2, 0.25) is 5.91 Å². The maximum atomic E-state index is 13.1. The minimum absolute atomic E-state index is 0.0333. The third-order valence-corrected chi connectivity index (χ3v) is 6.48. The Balaban J connectivity index is 1.98. The molecule has 1 amide bonds. The maximum Gasteiger partial charge on any atom is 0.238 e. The molecule has 0 saturated carbocycles. The number of hydrogen-bond acceptors (Lipinski definition) is 9. The van der Waals surface area contributed by atoms with Gasteiger partial charge >= 0.3 is 0 Å². The molecule has 2 aromatic heterocycles. The van der Waals surface area contributed by atoms with Crippen LogP contribution in [0.3, 0.4) is 0 Å². The van der Waals surface area contributed by atoms with Gasteiger partial charge in [-0.25, -0.2) is 4.98 Å². The summed E-state index contributed by atoms with van der Waals surface area (Å²) in [5, 5.41) is 22.1. The van der Waals surface area contributed by atoms with E-state index in [1.54, 1.807) is 18.2 Å². The summed E-state index contributed by atoms with van der Waals surface area (Å²) in [6, 6.07) is 10.4. The molecule has 3 rings (SSSR count). The first-order chi connectivity index (χ1) is 16.4. The lowest BCUT2D eigenvalue weighted by Crippen LogP contribution is -2.25. The highest BCUT2D eigenvalue weighted by Crippen LogP contribution is 2.39. The molecule has 1 aromatic carbocycles. The second-order valence-electron chi connectivity index (χ2n) is 6.82. The van der Waals surface area contributed by atoms with Gasteiger partial charge in [0.25, 0.3) is 0 Å². The van der Waals surface area contributed by atoms with Crippen molar-refractivity contribution in [2.75, 3.05) is 25.3 Å². The van der Waals surface area contributed by atoms with Crippen LogP contribution in [0.4, 0.5) is 11.5 Å².